The topological polar surface area (TPSA) is 42.4 Å². The van der Waals surface area contributed by atoms with Gasteiger partial charge in [0.15, 0.2) is 0 Å². The number of carbonyl (C=O) groups is 1. The fourth-order valence-electron chi connectivity index (χ4n) is 4.20. The number of hydrogen-bond acceptors (Lipinski definition) is 5. The number of ether oxygens (including phenoxy) is 1. The van der Waals surface area contributed by atoms with Crippen LogP contribution in [-0.4, -0.2) is 41.6 Å². The quantitative estimate of drug-likeness (QED) is 0.618. The number of hydrogen-bond donors (Lipinski definition) is 0. The van der Waals surface area contributed by atoms with E-state index >= 15 is 0 Å². The number of nitrogens with zero attached hydrogens (tertiary/aromatic N) is 2. The summed E-state index contributed by atoms with van der Waals surface area (Å²) in [5, 5.41) is 2.05. The maximum Gasteiger partial charge on any atom is 0.313 e. The molecule has 1 aromatic heterocycles. The van der Waals surface area contributed by atoms with Gasteiger partial charge in [0.05, 0.1) is 23.7 Å². The second-order valence-corrected chi connectivity index (χ2v) is 7.45. The van der Waals surface area contributed by atoms with Crippen molar-refractivity contribution in [3.8, 4) is 0 Å². The van der Waals surface area contributed by atoms with Crippen LogP contribution in [0.5, 0.6) is 0 Å². The van der Waals surface area contributed by atoms with Crippen LogP contribution in [0, 0.1) is 5.41 Å². The standard InChI is InChI=1S/C17H24N2O2S/c1-12(2)6-7-19-14-4-5-15(19)17(9-14,16(20)21-3)8-13-10-22-11-18-13/h6,10-11,14-15H,4-5,7-9H2,1-3H3/t14-,15+,17+/m1/s1. The molecule has 5 heteroatoms. The van der Waals surface area contributed by atoms with Gasteiger partial charge in [-0.05, 0) is 33.1 Å². The molecule has 2 saturated heterocycles. The smallest absolute Gasteiger partial charge is 0.313 e. The van der Waals surface area contributed by atoms with Crippen LogP contribution in [0.3, 0.4) is 0 Å². The molecule has 2 fully saturated rings. The molecule has 0 radical (unpaired) electrons. The Hall–Kier alpha value is -1.20. The molecule has 2 aliphatic heterocycles. The first kappa shape index (κ1) is 15.7. The molecule has 0 N–H and O–H groups in total. The minimum atomic E-state index is -0.415. The zero-order valence-corrected chi connectivity index (χ0v) is 14.4. The molecular formula is C17H24N2O2S. The number of rotatable bonds is 5. The third kappa shape index (κ3) is 2.61. The number of aromatic nitrogens is 1. The van der Waals surface area contributed by atoms with Gasteiger partial charge in [-0.1, -0.05) is 11.6 Å². The van der Waals surface area contributed by atoms with Gasteiger partial charge < -0.3 is 4.74 Å². The summed E-state index contributed by atoms with van der Waals surface area (Å²) < 4.78 is 5.21. The Bertz CT molecular complexity index is 565. The molecule has 0 amide bonds. The van der Waals surface area contributed by atoms with E-state index in [1.54, 1.807) is 11.3 Å². The van der Waals surface area contributed by atoms with E-state index in [0.29, 0.717) is 12.5 Å². The van der Waals surface area contributed by atoms with Crippen LogP contribution in [0.15, 0.2) is 22.5 Å². The molecule has 4 nitrogen and oxygen atoms in total. The minimum absolute atomic E-state index is 0.0603. The molecule has 2 aliphatic rings. The van der Waals surface area contributed by atoms with E-state index in [-0.39, 0.29) is 12.0 Å². The summed E-state index contributed by atoms with van der Waals surface area (Å²) in [7, 11) is 1.51. The lowest BCUT2D eigenvalue weighted by Crippen LogP contribution is -2.46. The van der Waals surface area contributed by atoms with Crippen molar-refractivity contribution in [1.29, 1.82) is 0 Å². The summed E-state index contributed by atoms with van der Waals surface area (Å²) in [4.78, 5) is 19.6. The lowest BCUT2D eigenvalue weighted by atomic mass is 9.71. The highest BCUT2D eigenvalue weighted by atomic mass is 32.1. The van der Waals surface area contributed by atoms with Crippen LogP contribution >= 0.6 is 11.3 Å². The van der Waals surface area contributed by atoms with E-state index in [1.807, 2.05) is 5.51 Å². The van der Waals surface area contributed by atoms with Crippen LogP contribution in [0.25, 0.3) is 0 Å². The van der Waals surface area contributed by atoms with Crippen molar-refractivity contribution in [2.75, 3.05) is 13.7 Å². The summed E-state index contributed by atoms with van der Waals surface area (Å²) in [5.41, 5.74) is 3.77. The van der Waals surface area contributed by atoms with E-state index in [1.165, 1.54) is 19.1 Å². The lowest BCUT2D eigenvalue weighted by molar-refractivity contribution is -0.154. The molecule has 0 spiro atoms. The highest BCUT2D eigenvalue weighted by molar-refractivity contribution is 7.07. The first-order valence-corrected chi connectivity index (χ1v) is 8.85. The third-order valence-corrected chi connectivity index (χ3v) is 5.80. The van der Waals surface area contributed by atoms with Gasteiger partial charge in [0.25, 0.3) is 0 Å². The number of allylic oxidation sites excluding steroid dienone is 1. The predicted molar refractivity (Wildman–Crippen MR) is 87.8 cm³/mol. The second kappa shape index (κ2) is 6.13. The molecule has 120 valence electrons. The van der Waals surface area contributed by atoms with Crippen LogP contribution in [0.4, 0.5) is 0 Å². The summed E-state index contributed by atoms with van der Waals surface area (Å²) in [5.74, 6) is -0.0603. The Kier molecular flexibility index (Phi) is 4.37. The van der Waals surface area contributed by atoms with Gasteiger partial charge in [0, 0.05) is 30.4 Å². The predicted octanol–water partition coefficient (Wildman–Crippen LogP) is 3.05. The maximum absolute atomic E-state index is 12.6. The Morgan fingerprint density at radius 2 is 2.36 bits per heavy atom. The fourth-order valence-corrected chi connectivity index (χ4v) is 4.76. The molecule has 3 heterocycles. The van der Waals surface area contributed by atoms with Crippen LogP contribution in [-0.2, 0) is 16.0 Å². The van der Waals surface area contributed by atoms with Gasteiger partial charge in [-0.3, -0.25) is 9.69 Å². The molecule has 0 unspecified atom stereocenters. The third-order valence-electron chi connectivity index (χ3n) is 5.16. The summed E-state index contributed by atoms with van der Waals surface area (Å²) in [6.45, 7) is 5.19. The van der Waals surface area contributed by atoms with Crippen molar-refractivity contribution in [3.63, 3.8) is 0 Å². The van der Waals surface area contributed by atoms with E-state index in [0.717, 1.165) is 25.1 Å². The monoisotopic (exact) mass is 320 g/mol. The molecule has 3 atom stereocenters. The Balaban J connectivity index is 1.88. The minimum Gasteiger partial charge on any atom is -0.469 e. The van der Waals surface area contributed by atoms with Crippen molar-refractivity contribution in [3.05, 3.63) is 28.2 Å². The molecular weight excluding hydrogens is 296 g/mol. The maximum atomic E-state index is 12.6. The van der Waals surface area contributed by atoms with Gasteiger partial charge in [-0.25, -0.2) is 4.98 Å². The molecule has 0 aliphatic carbocycles. The molecule has 2 bridgehead atoms. The van der Waals surface area contributed by atoms with E-state index < -0.39 is 5.41 Å². The molecule has 1 aromatic rings. The first-order valence-electron chi connectivity index (χ1n) is 7.91. The van der Waals surface area contributed by atoms with Crippen molar-refractivity contribution >= 4 is 17.3 Å². The van der Waals surface area contributed by atoms with E-state index in [9.17, 15) is 4.79 Å². The van der Waals surface area contributed by atoms with Gasteiger partial charge in [0.1, 0.15) is 0 Å². The van der Waals surface area contributed by atoms with Crippen LogP contribution in [0.1, 0.15) is 38.8 Å². The largest absolute Gasteiger partial charge is 0.469 e. The number of carbonyl (C=O) groups excluding carboxylic acids is 1. The van der Waals surface area contributed by atoms with Gasteiger partial charge in [-0.15, -0.1) is 11.3 Å². The zero-order valence-electron chi connectivity index (χ0n) is 13.5. The van der Waals surface area contributed by atoms with Gasteiger partial charge in [0.2, 0.25) is 0 Å². The number of esters is 1. The summed E-state index contributed by atoms with van der Waals surface area (Å²) >= 11 is 1.59. The zero-order chi connectivity index (χ0) is 15.7. The SMILES string of the molecule is COC(=O)[C@@]1(Cc2cscn2)C[C@H]2CC[C@@H]1N2CC=C(C)C. The Morgan fingerprint density at radius 3 is 3.00 bits per heavy atom. The van der Waals surface area contributed by atoms with Gasteiger partial charge in [-0.2, -0.15) is 0 Å². The van der Waals surface area contributed by atoms with Crippen LogP contribution < -0.4 is 0 Å². The number of fused-ring (bicyclic) bond motifs is 2. The normalized spacial score (nSPS) is 30.5. The van der Waals surface area contributed by atoms with Crippen molar-refractivity contribution in [2.45, 2.75) is 51.6 Å². The summed E-state index contributed by atoms with van der Waals surface area (Å²) in [6, 6.07) is 0.778. The molecule has 0 saturated carbocycles. The highest BCUT2D eigenvalue weighted by Crippen LogP contribution is 2.52. The highest BCUT2D eigenvalue weighted by Gasteiger charge is 2.60. The van der Waals surface area contributed by atoms with Crippen molar-refractivity contribution in [1.82, 2.24) is 9.88 Å². The lowest BCUT2D eigenvalue weighted by Gasteiger charge is -2.34. The second-order valence-electron chi connectivity index (χ2n) is 6.73. The average molecular weight is 320 g/mol. The van der Waals surface area contributed by atoms with E-state index in [4.69, 9.17) is 4.74 Å². The van der Waals surface area contributed by atoms with Crippen molar-refractivity contribution < 1.29 is 9.53 Å². The molecule has 0 aromatic carbocycles. The molecule has 3 rings (SSSR count). The Morgan fingerprint density at radius 1 is 1.55 bits per heavy atom. The van der Waals surface area contributed by atoms with E-state index in [2.05, 4.69) is 35.2 Å². The fraction of sp³-hybridized carbons (Fsp3) is 0.647. The first-order chi connectivity index (χ1) is 10.6. The van der Waals surface area contributed by atoms with Crippen molar-refractivity contribution in [2.24, 2.45) is 5.41 Å². The number of methoxy groups -OCH3 is 1. The average Bonchev–Trinajstić information content (AvgIpc) is 3.19. The van der Waals surface area contributed by atoms with Gasteiger partial charge >= 0.3 is 5.97 Å². The molecule has 22 heavy (non-hydrogen) atoms. The number of thiazole rings is 1. The summed E-state index contributed by atoms with van der Waals surface area (Å²) in [6.07, 6.45) is 6.15. The van der Waals surface area contributed by atoms with Crippen LogP contribution in [0.2, 0.25) is 0 Å². The Labute approximate surface area is 136 Å².